The molecule has 0 aromatic heterocycles. The molecule has 14 heavy (non-hydrogen) atoms. The third kappa shape index (κ3) is 1.87. The van der Waals surface area contributed by atoms with E-state index < -0.39 is 0 Å². The van der Waals surface area contributed by atoms with Gasteiger partial charge in [-0.2, -0.15) is 0 Å². The minimum absolute atomic E-state index is 0.204. The Morgan fingerprint density at radius 1 is 1.50 bits per heavy atom. The van der Waals surface area contributed by atoms with Crippen LogP contribution in [0, 0.1) is 11.7 Å². The van der Waals surface area contributed by atoms with Gasteiger partial charge in [-0.3, -0.25) is 0 Å². The second-order valence-corrected chi connectivity index (χ2v) is 3.70. The van der Waals surface area contributed by atoms with Gasteiger partial charge in [0, 0.05) is 0 Å². The quantitative estimate of drug-likeness (QED) is 0.740. The Morgan fingerprint density at radius 3 is 3.14 bits per heavy atom. The minimum atomic E-state index is -0.204. The van der Waals surface area contributed by atoms with Crippen LogP contribution < -0.4 is 10.5 Å². The summed E-state index contributed by atoms with van der Waals surface area (Å²) in [6.07, 6.45) is 1.77. The summed E-state index contributed by atoms with van der Waals surface area (Å²) in [5.41, 5.74) is 6.56. The van der Waals surface area contributed by atoms with Crippen LogP contribution in [0.2, 0.25) is 0 Å². The molecule has 2 N–H and O–H groups in total. The lowest BCUT2D eigenvalue weighted by Gasteiger charge is -2.09. The van der Waals surface area contributed by atoms with Crippen molar-refractivity contribution in [2.24, 2.45) is 11.7 Å². The molecular weight excluding hydrogens is 181 g/mol. The van der Waals surface area contributed by atoms with Gasteiger partial charge in [0.2, 0.25) is 0 Å². The van der Waals surface area contributed by atoms with E-state index in [1.807, 2.05) is 0 Å². The third-order valence-corrected chi connectivity index (χ3v) is 2.65. The summed E-state index contributed by atoms with van der Waals surface area (Å²) < 4.78 is 18.5. The maximum absolute atomic E-state index is 13.0. The van der Waals surface area contributed by atoms with E-state index in [0.717, 1.165) is 24.2 Å². The average molecular weight is 195 g/mol. The lowest BCUT2D eigenvalue weighted by molar-refractivity contribution is 0.296. The Bertz CT molecular complexity index is 327. The molecule has 0 aliphatic carbocycles. The molecule has 76 valence electrons. The summed E-state index contributed by atoms with van der Waals surface area (Å²) in [4.78, 5) is 0. The normalized spacial score (nSPS) is 20.9. The molecule has 0 fully saturated rings. The van der Waals surface area contributed by atoms with Gasteiger partial charge in [-0.1, -0.05) is 0 Å². The van der Waals surface area contributed by atoms with Gasteiger partial charge in [-0.25, -0.2) is 4.39 Å². The summed E-state index contributed by atoms with van der Waals surface area (Å²) >= 11 is 0. The van der Waals surface area contributed by atoms with E-state index in [1.165, 1.54) is 6.07 Å². The van der Waals surface area contributed by atoms with E-state index in [2.05, 4.69) is 0 Å². The zero-order chi connectivity index (χ0) is 9.97. The van der Waals surface area contributed by atoms with Crippen LogP contribution in [0.1, 0.15) is 12.0 Å². The van der Waals surface area contributed by atoms with Gasteiger partial charge in [0.05, 0.1) is 6.61 Å². The second-order valence-electron chi connectivity index (χ2n) is 3.70. The first-order chi connectivity index (χ1) is 6.79. The number of benzene rings is 1. The molecule has 0 spiro atoms. The van der Waals surface area contributed by atoms with Gasteiger partial charge in [0.1, 0.15) is 11.6 Å². The van der Waals surface area contributed by atoms with E-state index in [0.29, 0.717) is 19.1 Å². The average Bonchev–Trinajstić information content (AvgIpc) is 2.38. The Balaban J connectivity index is 2.28. The molecule has 1 aliphatic heterocycles. The van der Waals surface area contributed by atoms with Crippen LogP contribution in [0.5, 0.6) is 5.75 Å². The predicted octanol–water partition coefficient (Wildman–Crippen LogP) is 1.73. The molecule has 0 saturated heterocycles. The molecule has 3 heteroatoms. The van der Waals surface area contributed by atoms with Crippen LogP contribution in [0.15, 0.2) is 18.2 Å². The van der Waals surface area contributed by atoms with Gasteiger partial charge >= 0.3 is 0 Å². The van der Waals surface area contributed by atoms with Crippen molar-refractivity contribution in [3.63, 3.8) is 0 Å². The van der Waals surface area contributed by atoms with Gasteiger partial charge in [0.15, 0.2) is 0 Å². The van der Waals surface area contributed by atoms with Crippen LogP contribution in [0.3, 0.4) is 0 Å². The number of ether oxygens (including phenoxy) is 1. The predicted molar refractivity (Wildman–Crippen MR) is 52.8 cm³/mol. The fraction of sp³-hybridized carbons (Fsp3) is 0.455. The third-order valence-electron chi connectivity index (χ3n) is 2.65. The summed E-state index contributed by atoms with van der Waals surface area (Å²) in [6.45, 7) is 1.32. The monoisotopic (exact) mass is 195 g/mol. The lowest BCUT2D eigenvalue weighted by Crippen LogP contribution is -2.17. The molecule has 0 amide bonds. The first-order valence-electron chi connectivity index (χ1n) is 4.91. The fourth-order valence-corrected chi connectivity index (χ4v) is 1.80. The van der Waals surface area contributed by atoms with E-state index in [-0.39, 0.29) is 5.82 Å². The molecule has 0 bridgehead atoms. The molecule has 1 heterocycles. The Labute approximate surface area is 82.9 Å². The molecule has 2 nitrogen and oxygen atoms in total. The number of fused-ring (bicyclic) bond motifs is 1. The van der Waals surface area contributed by atoms with Crippen molar-refractivity contribution in [2.75, 3.05) is 13.2 Å². The molecule has 1 atom stereocenters. The van der Waals surface area contributed by atoms with Crippen molar-refractivity contribution in [2.45, 2.75) is 12.8 Å². The summed E-state index contributed by atoms with van der Waals surface area (Å²) in [5, 5.41) is 0. The number of hydrogen-bond donors (Lipinski definition) is 1. The van der Waals surface area contributed by atoms with Crippen LogP contribution in [0.4, 0.5) is 4.39 Å². The van der Waals surface area contributed by atoms with E-state index >= 15 is 0 Å². The molecule has 2 rings (SSSR count). The molecule has 0 radical (unpaired) electrons. The van der Waals surface area contributed by atoms with Gasteiger partial charge < -0.3 is 10.5 Å². The summed E-state index contributed by atoms with van der Waals surface area (Å²) in [5.74, 6) is 1.02. The van der Waals surface area contributed by atoms with Crippen molar-refractivity contribution in [1.82, 2.24) is 0 Å². The first-order valence-corrected chi connectivity index (χ1v) is 4.91. The van der Waals surface area contributed by atoms with Gasteiger partial charge in [-0.05, 0) is 49.1 Å². The summed E-state index contributed by atoms with van der Waals surface area (Å²) in [6, 6.07) is 4.68. The fourth-order valence-electron chi connectivity index (χ4n) is 1.80. The van der Waals surface area contributed by atoms with E-state index in [9.17, 15) is 4.39 Å². The number of rotatable bonds is 1. The van der Waals surface area contributed by atoms with Gasteiger partial charge in [-0.15, -0.1) is 0 Å². The smallest absolute Gasteiger partial charge is 0.123 e. The molecule has 1 aliphatic rings. The second kappa shape index (κ2) is 3.96. The summed E-state index contributed by atoms with van der Waals surface area (Å²) in [7, 11) is 0. The molecular formula is C11H14FNO. The van der Waals surface area contributed by atoms with Crippen molar-refractivity contribution in [3.8, 4) is 5.75 Å². The van der Waals surface area contributed by atoms with Crippen LogP contribution in [-0.4, -0.2) is 13.2 Å². The van der Waals surface area contributed by atoms with E-state index in [4.69, 9.17) is 10.5 Å². The van der Waals surface area contributed by atoms with Crippen LogP contribution in [0.25, 0.3) is 0 Å². The standard InChI is InChI=1S/C11H14FNO/c12-10-1-2-11-9(6-10)5-8(7-13)3-4-14-11/h1-2,6,8H,3-5,7,13H2. The number of hydrogen-bond acceptors (Lipinski definition) is 2. The SMILES string of the molecule is NCC1CCOc2ccc(F)cc2C1. The highest BCUT2D eigenvalue weighted by molar-refractivity contribution is 5.35. The van der Waals surface area contributed by atoms with Crippen molar-refractivity contribution < 1.29 is 9.13 Å². The Morgan fingerprint density at radius 2 is 2.36 bits per heavy atom. The topological polar surface area (TPSA) is 35.2 Å². The maximum atomic E-state index is 13.0. The number of halogens is 1. The zero-order valence-electron chi connectivity index (χ0n) is 8.00. The molecule has 1 aromatic rings. The highest BCUT2D eigenvalue weighted by Gasteiger charge is 2.16. The molecule has 0 saturated carbocycles. The molecule has 1 aromatic carbocycles. The maximum Gasteiger partial charge on any atom is 0.123 e. The lowest BCUT2D eigenvalue weighted by atomic mass is 9.97. The Kier molecular flexibility index (Phi) is 2.68. The van der Waals surface area contributed by atoms with Gasteiger partial charge in [0.25, 0.3) is 0 Å². The van der Waals surface area contributed by atoms with Crippen molar-refractivity contribution >= 4 is 0 Å². The van der Waals surface area contributed by atoms with E-state index in [1.54, 1.807) is 12.1 Å². The highest BCUT2D eigenvalue weighted by Crippen LogP contribution is 2.26. The zero-order valence-corrected chi connectivity index (χ0v) is 8.00. The molecule has 1 unspecified atom stereocenters. The highest BCUT2D eigenvalue weighted by atomic mass is 19.1. The van der Waals surface area contributed by atoms with Crippen LogP contribution >= 0.6 is 0 Å². The Hall–Kier alpha value is -1.09. The van der Waals surface area contributed by atoms with Crippen molar-refractivity contribution in [3.05, 3.63) is 29.6 Å². The first kappa shape index (κ1) is 9.46. The minimum Gasteiger partial charge on any atom is -0.493 e. The number of nitrogens with two attached hydrogens (primary N) is 1. The van der Waals surface area contributed by atoms with Crippen molar-refractivity contribution in [1.29, 1.82) is 0 Å². The largest absolute Gasteiger partial charge is 0.493 e. The van der Waals surface area contributed by atoms with Crippen LogP contribution in [-0.2, 0) is 6.42 Å².